The van der Waals surface area contributed by atoms with Crippen LogP contribution in [0.25, 0.3) is 0 Å². The van der Waals surface area contributed by atoms with E-state index in [2.05, 4.69) is 11.4 Å². The number of nitrogens with zero attached hydrogens (tertiary/aromatic N) is 1. The molecule has 0 aliphatic heterocycles. The minimum absolute atomic E-state index is 0.223. The zero-order valence-electron chi connectivity index (χ0n) is 12.7. The number of carbonyl (C=O) groups excluding carboxylic acids is 1. The molecule has 2 aromatic carbocycles. The summed E-state index contributed by atoms with van der Waals surface area (Å²) >= 11 is 0. The lowest BCUT2D eigenvalue weighted by Crippen LogP contribution is -2.41. The van der Waals surface area contributed by atoms with Gasteiger partial charge in [0.1, 0.15) is 6.61 Å². The summed E-state index contributed by atoms with van der Waals surface area (Å²) in [6.45, 7) is 3.96. The molecule has 0 radical (unpaired) electrons. The van der Waals surface area contributed by atoms with Gasteiger partial charge in [-0.1, -0.05) is 42.5 Å². The van der Waals surface area contributed by atoms with Crippen LogP contribution in [0.4, 0.5) is 4.79 Å². The highest BCUT2D eigenvalue weighted by atomic mass is 16.5. The van der Waals surface area contributed by atoms with Crippen LogP contribution < -0.4 is 5.32 Å². The molecular formula is C18H18N2O2. The van der Waals surface area contributed by atoms with Crippen molar-refractivity contribution in [2.24, 2.45) is 0 Å². The molecule has 0 bridgehead atoms. The highest BCUT2D eigenvalue weighted by Crippen LogP contribution is 2.21. The molecule has 2 rings (SSSR count). The number of hydrogen-bond donors (Lipinski definition) is 1. The molecule has 0 fully saturated rings. The summed E-state index contributed by atoms with van der Waals surface area (Å²) in [4.78, 5) is 12.0. The van der Waals surface area contributed by atoms with Gasteiger partial charge in [0, 0.05) is 0 Å². The quantitative estimate of drug-likeness (QED) is 0.934. The Morgan fingerprint density at radius 2 is 1.91 bits per heavy atom. The van der Waals surface area contributed by atoms with Gasteiger partial charge in [-0.25, -0.2) is 4.79 Å². The van der Waals surface area contributed by atoms with E-state index in [1.165, 1.54) is 0 Å². The second kappa shape index (κ2) is 6.77. The second-order valence-electron chi connectivity index (χ2n) is 5.50. The van der Waals surface area contributed by atoms with E-state index in [1.54, 1.807) is 18.2 Å². The Kier molecular flexibility index (Phi) is 4.80. The van der Waals surface area contributed by atoms with E-state index in [9.17, 15) is 4.79 Å². The number of amides is 1. The van der Waals surface area contributed by atoms with E-state index in [1.807, 2.05) is 50.2 Å². The highest BCUT2D eigenvalue weighted by molar-refractivity contribution is 5.68. The molecule has 2 aromatic rings. The van der Waals surface area contributed by atoms with E-state index >= 15 is 0 Å². The van der Waals surface area contributed by atoms with Crippen LogP contribution >= 0.6 is 0 Å². The Bertz CT molecular complexity index is 688. The molecule has 1 amide bonds. The Morgan fingerprint density at radius 1 is 1.18 bits per heavy atom. The maximum atomic E-state index is 12.0. The Labute approximate surface area is 130 Å². The van der Waals surface area contributed by atoms with Crippen molar-refractivity contribution in [3.05, 3.63) is 71.3 Å². The van der Waals surface area contributed by atoms with E-state index in [0.717, 1.165) is 11.1 Å². The molecule has 0 spiro atoms. The fraction of sp³-hybridized carbons (Fsp3) is 0.222. The molecule has 0 saturated carbocycles. The zero-order chi connectivity index (χ0) is 16.0. The molecule has 4 heteroatoms. The van der Waals surface area contributed by atoms with Crippen LogP contribution in [0.15, 0.2) is 54.6 Å². The van der Waals surface area contributed by atoms with Gasteiger partial charge >= 0.3 is 6.09 Å². The smallest absolute Gasteiger partial charge is 0.408 e. The fourth-order valence-electron chi connectivity index (χ4n) is 2.06. The first-order chi connectivity index (χ1) is 10.5. The molecule has 0 saturated heterocycles. The summed E-state index contributed by atoms with van der Waals surface area (Å²) in [5.74, 6) is 0. The van der Waals surface area contributed by atoms with E-state index in [4.69, 9.17) is 10.00 Å². The predicted octanol–water partition coefficient (Wildman–Crippen LogP) is 3.72. The van der Waals surface area contributed by atoms with Crippen molar-refractivity contribution in [3.8, 4) is 6.07 Å². The molecular weight excluding hydrogens is 276 g/mol. The molecule has 4 nitrogen and oxygen atoms in total. The number of benzene rings is 2. The van der Waals surface area contributed by atoms with Gasteiger partial charge in [0.25, 0.3) is 0 Å². The van der Waals surface area contributed by atoms with Crippen molar-refractivity contribution in [1.82, 2.24) is 5.32 Å². The molecule has 0 aliphatic rings. The zero-order valence-corrected chi connectivity index (χ0v) is 12.7. The summed E-state index contributed by atoms with van der Waals surface area (Å²) in [5.41, 5.74) is 1.72. The minimum Gasteiger partial charge on any atom is -0.445 e. The van der Waals surface area contributed by atoms with Gasteiger partial charge in [0.15, 0.2) is 0 Å². The minimum atomic E-state index is -0.624. The second-order valence-corrected chi connectivity index (χ2v) is 5.50. The van der Waals surface area contributed by atoms with Crippen molar-refractivity contribution >= 4 is 6.09 Å². The molecule has 0 aromatic heterocycles. The number of nitrogens with one attached hydrogen (secondary N) is 1. The standard InChI is InChI=1S/C18H18N2O2/c1-18(2,16-10-6-9-15(11-16)12-19)20-17(21)22-13-14-7-4-3-5-8-14/h3-11H,13H2,1-2H3,(H,20,21). The van der Waals surface area contributed by atoms with Crippen LogP contribution in [-0.4, -0.2) is 6.09 Å². The third-order valence-electron chi connectivity index (χ3n) is 3.34. The molecule has 112 valence electrons. The first-order valence-corrected chi connectivity index (χ1v) is 7.01. The molecule has 1 N–H and O–H groups in total. The SMILES string of the molecule is CC(C)(NC(=O)OCc1ccccc1)c1cccc(C#N)c1. The molecule has 0 unspecified atom stereocenters. The van der Waals surface area contributed by atoms with Gasteiger partial charge in [0.2, 0.25) is 0 Å². The number of ether oxygens (including phenoxy) is 1. The molecule has 0 atom stereocenters. The summed E-state index contributed by atoms with van der Waals surface area (Å²) in [6, 6.07) is 18.8. The maximum absolute atomic E-state index is 12.0. The number of carbonyl (C=O) groups is 1. The van der Waals surface area contributed by atoms with Crippen LogP contribution in [0.1, 0.15) is 30.5 Å². The Morgan fingerprint density at radius 3 is 2.59 bits per heavy atom. The van der Waals surface area contributed by atoms with Gasteiger partial charge in [-0.05, 0) is 37.1 Å². The van der Waals surface area contributed by atoms with Crippen LogP contribution in [0, 0.1) is 11.3 Å². The Hall–Kier alpha value is -2.80. The molecule has 0 heterocycles. The monoisotopic (exact) mass is 294 g/mol. The topological polar surface area (TPSA) is 62.1 Å². The lowest BCUT2D eigenvalue weighted by Gasteiger charge is -2.26. The average Bonchev–Trinajstić information content (AvgIpc) is 2.53. The lowest BCUT2D eigenvalue weighted by molar-refractivity contribution is 0.129. The largest absolute Gasteiger partial charge is 0.445 e. The van der Waals surface area contributed by atoms with Crippen molar-refractivity contribution in [2.75, 3.05) is 0 Å². The molecule has 0 aliphatic carbocycles. The molecule has 22 heavy (non-hydrogen) atoms. The number of rotatable bonds is 4. The maximum Gasteiger partial charge on any atom is 0.408 e. The van der Waals surface area contributed by atoms with Crippen LogP contribution in [-0.2, 0) is 16.9 Å². The third-order valence-corrected chi connectivity index (χ3v) is 3.34. The summed E-state index contributed by atoms with van der Waals surface area (Å²) in [7, 11) is 0. The average molecular weight is 294 g/mol. The normalized spacial score (nSPS) is 10.6. The van der Waals surface area contributed by atoms with E-state index < -0.39 is 11.6 Å². The summed E-state index contributed by atoms with van der Waals surface area (Å²) in [6.07, 6.45) is -0.490. The van der Waals surface area contributed by atoms with Crippen LogP contribution in [0.3, 0.4) is 0 Å². The third kappa shape index (κ3) is 4.10. The van der Waals surface area contributed by atoms with Gasteiger partial charge in [-0.15, -0.1) is 0 Å². The fourth-order valence-corrected chi connectivity index (χ4v) is 2.06. The summed E-state index contributed by atoms with van der Waals surface area (Å²) in [5, 5.41) is 11.8. The van der Waals surface area contributed by atoms with Gasteiger partial charge in [-0.2, -0.15) is 5.26 Å². The van der Waals surface area contributed by atoms with Crippen LogP contribution in [0.2, 0.25) is 0 Å². The van der Waals surface area contributed by atoms with Gasteiger partial charge in [-0.3, -0.25) is 0 Å². The predicted molar refractivity (Wildman–Crippen MR) is 83.9 cm³/mol. The van der Waals surface area contributed by atoms with Crippen molar-refractivity contribution in [2.45, 2.75) is 26.0 Å². The number of alkyl carbamates (subject to hydrolysis) is 1. The van der Waals surface area contributed by atoms with Gasteiger partial charge in [0.05, 0.1) is 17.2 Å². The first kappa shape index (κ1) is 15.6. The number of hydrogen-bond acceptors (Lipinski definition) is 3. The summed E-state index contributed by atoms with van der Waals surface area (Å²) < 4.78 is 5.23. The van der Waals surface area contributed by atoms with Crippen molar-refractivity contribution < 1.29 is 9.53 Å². The van der Waals surface area contributed by atoms with E-state index in [0.29, 0.717) is 5.56 Å². The van der Waals surface area contributed by atoms with E-state index in [-0.39, 0.29) is 6.61 Å². The highest BCUT2D eigenvalue weighted by Gasteiger charge is 2.23. The Balaban J connectivity index is 1.98. The van der Waals surface area contributed by atoms with Gasteiger partial charge < -0.3 is 10.1 Å². The lowest BCUT2D eigenvalue weighted by atomic mass is 9.93. The first-order valence-electron chi connectivity index (χ1n) is 7.01. The van der Waals surface area contributed by atoms with Crippen LogP contribution in [0.5, 0.6) is 0 Å². The van der Waals surface area contributed by atoms with Crippen molar-refractivity contribution in [1.29, 1.82) is 5.26 Å². The van der Waals surface area contributed by atoms with Crippen molar-refractivity contribution in [3.63, 3.8) is 0 Å². The number of nitriles is 1.